The minimum Gasteiger partial charge on any atom is -0.358 e. The quantitative estimate of drug-likeness (QED) is 0.424. The molecule has 0 saturated heterocycles. The molecule has 0 N–H and O–H groups in total. The van der Waals surface area contributed by atoms with Crippen molar-refractivity contribution < 1.29 is 4.92 Å². The molecule has 0 saturated carbocycles. The summed E-state index contributed by atoms with van der Waals surface area (Å²) in [5, 5.41) is 10.0. The Labute approximate surface area is 56.9 Å². The summed E-state index contributed by atoms with van der Waals surface area (Å²) in [6, 6.07) is 0. The summed E-state index contributed by atoms with van der Waals surface area (Å²) < 4.78 is 0. The van der Waals surface area contributed by atoms with E-state index in [4.69, 9.17) is 0 Å². The van der Waals surface area contributed by atoms with Gasteiger partial charge in [-0.3, -0.25) is 0 Å². The fraction of sp³-hybridized carbons (Fsp3) is 0.200. The molecule has 0 atom stereocenters. The lowest BCUT2D eigenvalue weighted by Crippen LogP contribution is -1.93. The standard InChI is InChI=1S/C5H5N3O2/c1-4-2-7-5(3-6-4)8(9)10/h2-3H,1H3. The fourth-order valence-corrected chi connectivity index (χ4v) is 0.480. The molecule has 0 spiro atoms. The van der Waals surface area contributed by atoms with Gasteiger partial charge in [-0.25, -0.2) is 4.98 Å². The van der Waals surface area contributed by atoms with Crippen LogP contribution in [0.1, 0.15) is 5.69 Å². The third-order valence-electron chi connectivity index (χ3n) is 0.954. The highest BCUT2D eigenvalue weighted by atomic mass is 16.6. The highest BCUT2D eigenvalue weighted by Gasteiger charge is 2.04. The van der Waals surface area contributed by atoms with Gasteiger partial charge in [0.15, 0.2) is 6.20 Å². The Morgan fingerprint density at radius 1 is 1.50 bits per heavy atom. The van der Waals surface area contributed by atoms with Crippen LogP contribution in [0.15, 0.2) is 12.4 Å². The van der Waals surface area contributed by atoms with Gasteiger partial charge in [0.05, 0.1) is 5.69 Å². The SMILES string of the molecule is Cc1cnc([N+](=O)[O-])cn1. The molecule has 0 unspecified atom stereocenters. The van der Waals surface area contributed by atoms with E-state index < -0.39 is 4.92 Å². The molecule has 0 fully saturated rings. The first-order chi connectivity index (χ1) is 4.70. The number of hydrogen-bond donors (Lipinski definition) is 0. The molecule has 52 valence electrons. The van der Waals surface area contributed by atoms with Crippen LogP contribution < -0.4 is 0 Å². The van der Waals surface area contributed by atoms with E-state index >= 15 is 0 Å². The van der Waals surface area contributed by atoms with Crippen molar-refractivity contribution >= 4 is 5.82 Å². The summed E-state index contributed by atoms with van der Waals surface area (Å²) in [4.78, 5) is 16.7. The van der Waals surface area contributed by atoms with Gasteiger partial charge in [-0.05, 0) is 16.8 Å². The molecule has 0 amide bonds. The maximum Gasteiger partial charge on any atom is 0.381 e. The number of aryl methyl sites for hydroxylation is 1. The second-order valence-corrected chi connectivity index (χ2v) is 1.77. The number of rotatable bonds is 1. The largest absolute Gasteiger partial charge is 0.381 e. The normalized spacial score (nSPS) is 9.30. The highest BCUT2D eigenvalue weighted by Crippen LogP contribution is 2.01. The van der Waals surface area contributed by atoms with Gasteiger partial charge in [-0.1, -0.05) is 0 Å². The van der Waals surface area contributed by atoms with Crippen LogP contribution in [-0.4, -0.2) is 14.9 Å². The van der Waals surface area contributed by atoms with Crippen LogP contribution in [0.3, 0.4) is 0 Å². The molecule has 0 radical (unpaired) electrons. The van der Waals surface area contributed by atoms with Crippen LogP contribution in [0.4, 0.5) is 5.82 Å². The van der Waals surface area contributed by atoms with Crippen LogP contribution in [0.2, 0.25) is 0 Å². The Morgan fingerprint density at radius 2 is 2.20 bits per heavy atom. The van der Waals surface area contributed by atoms with Gasteiger partial charge < -0.3 is 10.1 Å². The third-order valence-corrected chi connectivity index (χ3v) is 0.954. The van der Waals surface area contributed by atoms with E-state index in [0.29, 0.717) is 5.69 Å². The smallest absolute Gasteiger partial charge is 0.358 e. The zero-order chi connectivity index (χ0) is 7.56. The van der Waals surface area contributed by atoms with Crippen LogP contribution in [0, 0.1) is 17.0 Å². The first-order valence-corrected chi connectivity index (χ1v) is 2.63. The first kappa shape index (κ1) is 6.60. The lowest BCUT2D eigenvalue weighted by molar-refractivity contribution is -0.389. The molecule has 1 aromatic heterocycles. The second kappa shape index (κ2) is 2.38. The average Bonchev–Trinajstić information content (AvgIpc) is 1.88. The van der Waals surface area contributed by atoms with Crippen LogP contribution >= 0.6 is 0 Å². The minimum atomic E-state index is -0.577. The van der Waals surface area contributed by atoms with E-state index in [1.807, 2.05) is 0 Å². The van der Waals surface area contributed by atoms with Crippen LogP contribution in [0.25, 0.3) is 0 Å². The van der Waals surface area contributed by atoms with Crippen molar-refractivity contribution in [1.29, 1.82) is 0 Å². The third kappa shape index (κ3) is 1.25. The van der Waals surface area contributed by atoms with Crippen molar-refractivity contribution in [3.05, 3.63) is 28.2 Å². The molecule has 5 heteroatoms. The number of aromatic nitrogens is 2. The van der Waals surface area contributed by atoms with E-state index in [-0.39, 0.29) is 5.82 Å². The number of hydrogen-bond acceptors (Lipinski definition) is 4. The van der Waals surface area contributed by atoms with Gasteiger partial charge in [-0.2, -0.15) is 0 Å². The predicted molar refractivity (Wildman–Crippen MR) is 33.4 cm³/mol. The summed E-state index contributed by atoms with van der Waals surface area (Å²) >= 11 is 0. The lowest BCUT2D eigenvalue weighted by atomic mass is 10.5. The molecule has 5 nitrogen and oxygen atoms in total. The Morgan fingerprint density at radius 3 is 2.60 bits per heavy atom. The van der Waals surface area contributed by atoms with Crippen molar-refractivity contribution in [2.45, 2.75) is 6.92 Å². The Kier molecular flexibility index (Phi) is 1.57. The topological polar surface area (TPSA) is 68.9 Å². The van der Waals surface area contributed by atoms with Crippen molar-refractivity contribution in [1.82, 2.24) is 9.97 Å². The van der Waals surface area contributed by atoms with Crippen LogP contribution in [0.5, 0.6) is 0 Å². The van der Waals surface area contributed by atoms with Crippen molar-refractivity contribution in [2.24, 2.45) is 0 Å². The molecule has 1 rings (SSSR count). The zero-order valence-electron chi connectivity index (χ0n) is 5.31. The highest BCUT2D eigenvalue weighted by molar-refractivity contribution is 5.12. The molecule has 1 heterocycles. The van der Waals surface area contributed by atoms with Gasteiger partial charge in [0.25, 0.3) is 0 Å². The number of nitrogens with zero attached hydrogens (tertiary/aromatic N) is 3. The molecule has 0 aromatic carbocycles. The average molecular weight is 139 g/mol. The Hall–Kier alpha value is -1.52. The van der Waals surface area contributed by atoms with E-state index in [9.17, 15) is 10.1 Å². The van der Waals surface area contributed by atoms with Crippen molar-refractivity contribution in [3.63, 3.8) is 0 Å². The van der Waals surface area contributed by atoms with Gasteiger partial charge in [0.1, 0.15) is 6.20 Å². The monoisotopic (exact) mass is 139 g/mol. The summed E-state index contributed by atoms with van der Waals surface area (Å²) in [5.41, 5.74) is 0.672. The van der Waals surface area contributed by atoms with Crippen molar-refractivity contribution in [3.8, 4) is 0 Å². The van der Waals surface area contributed by atoms with Crippen molar-refractivity contribution in [2.75, 3.05) is 0 Å². The Bertz CT molecular complexity index is 244. The van der Waals surface area contributed by atoms with Gasteiger partial charge in [0, 0.05) is 0 Å². The number of nitro groups is 1. The van der Waals surface area contributed by atoms with E-state index in [2.05, 4.69) is 9.97 Å². The molecule has 0 aliphatic carbocycles. The zero-order valence-corrected chi connectivity index (χ0v) is 5.31. The maximum atomic E-state index is 10.0. The van der Waals surface area contributed by atoms with Crippen LogP contribution in [-0.2, 0) is 0 Å². The van der Waals surface area contributed by atoms with E-state index in [0.717, 1.165) is 6.20 Å². The minimum absolute atomic E-state index is 0.217. The van der Waals surface area contributed by atoms with Gasteiger partial charge in [-0.15, -0.1) is 0 Å². The fourth-order valence-electron chi connectivity index (χ4n) is 0.480. The summed E-state index contributed by atoms with van der Waals surface area (Å²) in [6.07, 6.45) is 2.49. The molecule has 0 aliphatic heterocycles. The predicted octanol–water partition coefficient (Wildman–Crippen LogP) is 0.693. The molecule has 1 aromatic rings. The van der Waals surface area contributed by atoms with Gasteiger partial charge >= 0.3 is 5.82 Å². The summed E-state index contributed by atoms with van der Waals surface area (Å²) in [7, 11) is 0. The summed E-state index contributed by atoms with van der Waals surface area (Å²) in [6.45, 7) is 1.72. The lowest BCUT2D eigenvalue weighted by Gasteiger charge is -1.88. The van der Waals surface area contributed by atoms with E-state index in [1.54, 1.807) is 6.92 Å². The second-order valence-electron chi connectivity index (χ2n) is 1.77. The molecular weight excluding hydrogens is 134 g/mol. The first-order valence-electron chi connectivity index (χ1n) is 2.63. The summed E-state index contributed by atoms with van der Waals surface area (Å²) in [5.74, 6) is -0.217. The van der Waals surface area contributed by atoms with E-state index in [1.165, 1.54) is 6.20 Å². The molecule has 0 bridgehead atoms. The maximum absolute atomic E-state index is 10.0. The van der Waals surface area contributed by atoms with Gasteiger partial charge in [0.2, 0.25) is 0 Å². The molecule has 10 heavy (non-hydrogen) atoms. The molecular formula is C5H5N3O2. The Balaban J connectivity index is 3.00. The molecule has 0 aliphatic rings.